The van der Waals surface area contributed by atoms with E-state index in [1.807, 2.05) is 30.3 Å². The van der Waals surface area contributed by atoms with E-state index in [-0.39, 0.29) is 43.5 Å². The first kappa shape index (κ1) is 20.7. The van der Waals surface area contributed by atoms with Crippen molar-refractivity contribution in [2.24, 2.45) is 0 Å². The Morgan fingerprint density at radius 2 is 2.03 bits per heavy atom. The van der Waals surface area contributed by atoms with E-state index in [9.17, 15) is 9.59 Å². The molecular formula is C21H21ClN2O5. The number of β-amino-alcohol motifs (C(OH)–C–C–N with tert-alkyl or cyclic N) is 1. The molecule has 3 rings (SSSR count). The van der Waals surface area contributed by atoms with Crippen LogP contribution >= 0.6 is 11.6 Å². The molecule has 152 valence electrons. The molecule has 0 aromatic heterocycles. The molecule has 0 spiro atoms. The van der Waals surface area contributed by atoms with E-state index in [1.54, 1.807) is 18.2 Å². The van der Waals surface area contributed by atoms with Crippen LogP contribution < -0.4 is 10.1 Å². The van der Waals surface area contributed by atoms with E-state index in [4.69, 9.17) is 26.2 Å². The largest absolute Gasteiger partial charge is 0.487 e. The molecule has 2 N–H and O–H groups in total. The lowest BCUT2D eigenvalue weighted by Crippen LogP contribution is -2.31. The third-order valence-corrected chi connectivity index (χ3v) is 4.69. The number of hydrogen-bond donors (Lipinski definition) is 2. The predicted molar refractivity (Wildman–Crippen MR) is 109 cm³/mol. The maximum Gasteiger partial charge on any atom is 0.337 e. The summed E-state index contributed by atoms with van der Waals surface area (Å²) in [7, 11) is 1.26. The highest BCUT2D eigenvalue weighted by Crippen LogP contribution is 2.26. The van der Waals surface area contributed by atoms with Crippen LogP contribution in [0.15, 0.2) is 59.8 Å². The monoisotopic (exact) mass is 416 g/mol. The van der Waals surface area contributed by atoms with Crippen LogP contribution in [0.5, 0.6) is 5.75 Å². The van der Waals surface area contributed by atoms with E-state index in [0.717, 1.165) is 5.56 Å². The molecule has 1 heterocycles. The minimum atomic E-state index is -0.584. The Bertz CT molecular complexity index is 944. The molecule has 0 bridgehead atoms. The van der Waals surface area contributed by atoms with E-state index in [0.29, 0.717) is 16.5 Å². The van der Waals surface area contributed by atoms with Crippen LogP contribution in [0.25, 0.3) is 0 Å². The van der Waals surface area contributed by atoms with Crippen molar-refractivity contribution < 1.29 is 24.2 Å². The van der Waals surface area contributed by atoms with Crippen LogP contribution in [0.4, 0.5) is 5.69 Å². The molecule has 1 amide bonds. The summed E-state index contributed by atoms with van der Waals surface area (Å²) >= 11 is 6.10. The van der Waals surface area contributed by atoms with Crippen molar-refractivity contribution in [2.45, 2.75) is 6.61 Å². The molecule has 2 aromatic rings. The topological polar surface area (TPSA) is 88.1 Å². The van der Waals surface area contributed by atoms with E-state index in [1.165, 1.54) is 12.0 Å². The van der Waals surface area contributed by atoms with Gasteiger partial charge in [-0.25, -0.2) is 4.79 Å². The first-order valence-corrected chi connectivity index (χ1v) is 9.36. The Hall–Kier alpha value is -3.03. The maximum atomic E-state index is 12.6. The third kappa shape index (κ3) is 4.88. The van der Waals surface area contributed by atoms with Gasteiger partial charge >= 0.3 is 5.97 Å². The number of anilines is 1. The maximum absolute atomic E-state index is 12.6. The summed E-state index contributed by atoms with van der Waals surface area (Å²) < 4.78 is 10.5. The predicted octanol–water partition coefficient (Wildman–Crippen LogP) is 2.59. The molecule has 2 aromatic carbocycles. The minimum Gasteiger partial charge on any atom is -0.487 e. The van der Waals surface area contributed by atoms with Gasteiger partial charge in [-0.2, -0.15) is 0 Å². The molecule has 0 aliphatic carbocycles. The minimum absolute atomic E-state index is 0.0870. The number of ether oxygens (including phenoxy) is 2. The van der Waals surface area contributed by atoms with E-state index >= 15 is 0 Å². The van der Waals surface area contributed by atoms with Gasteiger partial charge in [0.25, 0.3) is 5.91 Å². The second-order valence-electron chi connectivity index (χ2n) is 6.34. The zero-order valence-electron chi connectivity index (χ0n) is 15.9. The second kappa shape index (κ2) is 9.45. The van der Waals surface area contributed by atoms with Crippen LogP contribution in [0.2, 0.25) is 5.02 Å². The highest BCUT2D eigenvalue weighted by Gasteiger charge is 2.34. The van der Waals surface area contributed by atoms with E-state index in [2.05, 4.69) is 5.32 Å². The lowest BCUT2D eigenvalue weighted by atomic mass is 10.2. The molecule has 1 aliphatic heterocycles. The number of aliphatic hydroxyl groups excluding tert-OH is 1. The van der Waals surface area contributed by atoms with Crippen LogP contribution in [-0.4, -0.2) is 48.7 Å². The first-order chi connectivity index (χ1) is 14.0. The molecule has 8 heteroatoms. The van der Waals surface area contributed by atoms with Crippen molar-refractivity contribution in [1.82, 2.24) is 4.90 Å². The highest BCUT2D eigenvalue weighted by atomic mass is 35.5. The third-order valence-electron chi connectivity index (χ3n) is 4.38. The number of benzene rings is 2. The second-order valence-corrected chi connectivity index (χ2v) is 6.75. The fraction of sp³-hybridized carbons (Fsp3) is 0.238. The molecule has 0 saturated heterocycles. The molecule has 29 heavy (non-hydrogen) atoms. The van der Waals surface area contributed by atoms with Crippen LogP contribution in [-0.2, 0) is 20.9 Å². The fourth-order valence-electron chi connectivity index (χ4n) is 2.96. The molecule has 1 aliphatic rings. The number of aliphatic hydroxyl groups is 1. The number of hydrogen-bond acceptors (Lipinski definition) is 6. The number of nitrogens with one attached hydrogen (secondary N) is 1. The molecular weight excluding hydrogens is 396 g/mol. The van der Waals surface area contributed by atoms with Crippen LogP contribution in [0, 0.1) is 0 Å². The number of amides is 1. The van der Waals surface area contributed by atoms with Gasteiger partial charge in [-0.05, 0) is 29.8 Å². The zero-order chi connectivity index (χ0) is 20.8. The number of methoxy groups -OCH3 is 1. The number of rotatable bonds is 8. The van der Waals surface area contributed by atoms with Crippen molar-refractivity contribution in [3.05, 3.63) is 70.4 Å². The number of halogens is 1. The fourth-order valence-corrected chi connectivity index (χ4v) is 3.15. The molecule has 7 nitrogen and oxygen atoms in total. The van der Waals surface area contributed by atoms with Gasteiger partial charge < -0.3 is 24.8 Å². The van der Waals surface area contributed by atoms with Gasteiger partial charge in [0.15, 0.2) is 0 Å². The summed E-state index contributed by atoms with van der Waals surface area (Å²) in [5.74, 6) is -0.370. The lowest BCUT2D eigenvalue weighted by Gasteiger charge is -2.15. The standard InChI is InChI=1S/C21H21ClN2O5/c1-28-21(27)16-12-24(9-10-25)20(26)19(16)23-15-6-4-5-14(11-15)13-29-18-8-3-2-7-17(18)22/h2-8,11,23,25H,9-10,12-13H2,1H3. The Morgan fingerprint density at radius 3 is 2.76 bits per heavy atom. The Kier molecular flexibility index (Phi) is 6.74. The van der Waals surface area contributed by atoms with Crippen LogP contribution in [0.3, 0.4) is 0 Å². The van der Waals surface area contributed by atoms with Gasteiger partial charge in [0.05, 0.1) is 30.9 Å². The highest BCUT2D eigenvalue weighted by molar-refractivity contribution is 6.32. The van der Waals surface area contributed by atoms with Gasteiger partial charge in [-0.1, -0.05) is 35.9 Å². The SMILES string of the molecule is COC(=O)C1=C(Nc2cccc(COc3ccccc3Cl)c2)C(=O)N(CCO)C1. The Morgan fingerprint density at radius 1 is 1.24 bits per heavy atom. The normalized spacial score (nSPS) is 13.6. The van der Waals surface area contributed by atoms with Gasteiger partial charge in [-0.3, -0.25) is 4.79 Å². The average Bonchev–Trinajstić information content (AvgIpc) is 3.03. The summed E-state index contributed by atoms with van der Waals surface area (Å²) in [4.78, 5) is 26.1. The number of para-hydroxylation sites is 1. The smallest absolute Gasteiger partial charge is 0.337 e. The number of nitrogens with zero attached hydrogens (tertiary/aromatic N) is 1. The van der Waals surface area contributed by atoms with E-state index < -0.39 is 5.97 Å². The Labute approximate surface area is 173 Å². The molecule has 0 unspecified atom stereocenters. The summed E-state index contributed by atoms with van der Waals surface area (Å²) in [6, 6.07) is 14.5. The summed E-state index contributed by atoms with van der Waals surface area (Å²) in [6.45, 7) is 0.315. The van der Waals surface area contributed by atoms with Gasteiger partial charge in [0.2, 0.25) is 0 Å². The van der Waals surface area contributed by atoms with Crippen molar-refractivity contribution in [2.75, 3.05) is 32.1 Å². The number of carbonyl (C=O) groups excluding carboxylic acids is 2. The first-order valence-electron chi connectivity index (χ1n) is 8.98. The molecule has 0 atom stereocenters. The van der Waals surface area contributed by atoms with Gasteiger partial charge in [0.1, 0.15) is 18.1 Å². The number of carbonyl (C=O) groups is 2. The number of esters is 1. The van der Waals surface area contributed by atoms with Crippen molar-refractivity contribution in [3.63, 3.8) is 0 Å². The summed E-state index contributed by atoms with van der Waals surface area (Å²) in [6.07, 6.45) is 0. The van der Waals surface area contributed by atoms with Crippen molar-refractivity contribution >= 4 is 29.2 Å². The molecule has 0 fully saturated rings. The van der Waals surface area contributed by atoms with Crippen molar-refractivity contribution in [3.8, 4) is 5.75 Å². The van der Waals surface area contributed by atoms with Gasteiger partial charge in [-0.15, -0.1) is 0 Å². The summed E-state index contributed by atoms with van der Waals surface area (Å²) in [5, 5.41) is 12.7. The summed E-state index contributed by atoms with van der Waals surface area (Å²) in [5.41, 5.74) is 1.85. The van der Waals surface area contributed by atoms with Crippen LogP contribution in [0.1, 0.15) is 5.56 Å². The quantitative estimate of drug-likeness (QED) is 0.643. The Balaban J connectivity index is 1.76. The lowest BCUT2D eigenvalue weighted by molar-refractivity contribution is -0.136. The average molecular weight is 417 g/mol. The van der Waals surface area contributed by atoms with Crippen molar-refractivity contribution in [1.29, 1.82) is 0 Å². The zero-order valence-corrected chi connectivity index (χ0v) is 16.6. The molecule has 0 saturated carbocycles. The molecule has 0 radical (unpaired) electrons. The van der Waals surface area contributed by atoms with Gasteiger partial charge in [0, 0.05) is 12.2 Å².